The molecule has 0 unspecified atom stereocenters. The zero-order chi connectivity index (χ0) is 23.5. The first-order valence-corrected chi connectivity index (χ1v) is 10.7. The van der Waals surface area contributed by atoms with E-state index < -0.39 is 11.7 Å². The van der Waals surface area contributed by atoms with E-state index in [1.807, 2.05) is 47.9 Å². The summed E-state index contributed by atoms with van der Waals surface area (Å²) in [5.74, 6) is 0.0189. The van der Waals surface area contributed by atoms with Crippen molar-refractivity contribution < 1.29 is 19.1 Å². The SMILES string of the molecule is COc1ccc(Cn2c(C)c(C(=O)C(=O)Nc3cccc(Cl)c3)c3cc(OC)ccc32)cc1. The second-order valence-electron chi connectivity index (χ2n) is 7.57. The number of carbonyl (C=O) groups is 2. The summed E-state index contributed by atoms with van der Waals surface area (Å²) in [4.78, 5) is 26.2. The number of nitrogens with one attached hydrogen (secondary N) is 1. The minimum atomic E-state index is -0.730. The molecule has 168 valence electrons. The van der Waals surface area contributed by atoms with E-state index in [1.54, 1.807) is 44.6 Å². The number of ether oxygens (including phenoxy) is 2. The Morgan fingerprint density at radius 2 is 1.64 bits per heavy atom. The quantitative estimate of drug-likeness (QED) is 0.291. The van der Waals surface area contributed by atoms with Crippen LogP contribution in [0.3, 0.4) is 0 Å². The lowest BCUT2D eigenvalue weighted by Gasteiger charge is -2.10. The molecule has 0 atom stereocenters. The highest BCUT2D eigenvalue weighted by atomic mass is 35.5. The molecule has 1 heterocycles. The van der Waals surface area contributed by atoms with Gasteiger partial charge in [-0.3, -0.25) is 9.59 Å². The van der Waals surface area contributed by atoms with E-state index >= 15 is 0 Å². The van der Waals surface area contributed by atoms with E-state index in [9.17, 15) is 9.59 Å². The van der Waals surface area contributed by atoms with Crippen LogP contribution in [0.25, 0.3) is 10.9 Å². The molecule has 1 aromatic heterocycles. The third kappa shape index (κ3) is 4.56. The summed E-state index contributed by atoms with van der Waals surface area (Å²) in [6.07, 6.45) is 0. The first-order valence-electron chi connectivity index (χ1n) is 10.3. The molecule has 4 rings (SSSR count). The lowest BCUT2D eigenvalue weighted by molar-refractivity contribution is -0.112. The van der Waals surface area contributed by atoms with Gasteiger partial charge in [0.2, 0.25) is 0 Å². The Hall–Kier alpha value is -3.77. The summed E-state index contributed by atoms with van der Waals surface area (Å²) in [5, 5.41) is 3.77. The number of anilines is 1. The van der Waals surface area contributed by atoms with Gasteiger partial charge >= 0.3 is 0 Å². The van der Waals surface area contributed by atoms with Crippen molar-refractivity contribution in [2.45, 2.75) is 13.5 Å². The number of hydrogen-bond acceptors (Lipinski definition) is 4. The Labute approximate surface area is 196 Å². The third-order valence-electron chi connectivity index (χ3n) is 5.55. The Balaban J connectivity index is 1.75. The zero-order valence-electron chi connectivity index (χ0n) is 18.5. The molecule has 0 spiro atoms. The molecule has 0 aliphatic rings. The molecule has 0 fully saturated rings. The summed E-state index contributed by atoms with van der Waals surface area (Å²) >= 11 is 6.00. The summed E-state index contributed by atoms with van der Waals surface area (Å²) in [6.45, 7) is 2.37. The van der Waals surface area contributed by atoms with Crippen LogP contribution in [0.15, 0.2) is 66.7 Å². The number of carbonyl (C=O) groups excluding carboxylic acids is 2. The average molecular weight is 463 g/mol. The highest BCUT2D eigenvalue weighted by Crippen LogP contribution is 2.31. The van der Waals surface area contributed by atoms with Crippen molar-refractivity contribution in [1.82, 2.24) is 4.57 Å². The van der Waals surface area contributed by atoms with Crippen molar-refractivity contribution in [3.05, 3.63) is 88.6 Å². The van der Waals surface area contributed by atoms with Gasteiger partial charge in [-0.25, -0.2) is 0 Å². The van der Waals surface area contributed by atoms with Gasteiger partial charge in [0.15, 0.2) is 0 Å². The number of halogens is 1. The highest BCUT2D eigenvalue weighted by Gasteiger charge is 2.26. The van der Waals surface area contributed by atoms with Crippen LogP contribution in [0.4, 0.5) is 5.69 Å². The molecule has 0 saturated carbocycles. The second kappa shape index (κ2) is 9.38. The largest absolute Gasteiger partial charge is 0.497 e. The number of methoxy groups -OCH3 is 2. The van der Waals surface area contributed by atoms with Gasteiger partial charge in [-0.1, -0.05) is 29.8 Å². The van der Waals surface area contributed by atoms with Gasteiger partial charge in [0.1, 0.15) is 11.5 Å². The summed E-state index contributed by atoms with van der Waals surface area (Å²) in [5.41, 5.74) is 3.37. The maximum Gasteiger partial charge on any atom is 0.296 e. The van der Waals surface area contributed by atoms with Crippen molar-refractivity contribution in [3.8, 4) is 11.5 Å². The van der Waals surface area contributed by atoms with Gasteiger partial charge in [-0.2, -0.15) is 0 Å². The van der Waals surface area contributed by atoms with Crippen LogP contribution >= 0.6 is 11.6 Å². The fourth-order valence-corrected chi connectivity index (χ4v) is 4.05. The Morgan fingerprint density at radius 1 is 0.939 bits per heavy atom. The molecular weight excluding hydrogens is 440 g/mol. The number of nitrogens with zero attached hydrogens (tertiary/aromatic N) is 1. The van der Waals surface area contributed by atoms with Crippen molar-refractivity contribution in [2.24, 2.45) is 0 Å². The van der Waals surface area contributed by atoms with Crippen molar-refractivity contribution in [2.75, 3.05) is 19.5 Å². The molecule has 1 amide bonds. The van der Waals surface area contributed by atoms with Crippen LogP contribution in [-0.4, -0.2) is 30.5 Å². The van der Waals surface area contributed by atoms with Gasteiger partial charge in [0.05, 0.1) is 19.8 Å². The number of aromatic nitrogens is 1. The molecule has 0 saturated heterocycles. The number of benzene rings is 3. The van der Waals surface area contributed by atoms with E-state index in [-0.39, 0.29) is 0 Å². The van der Waals surface area contributed by atoms with E-state index in [1.165, 1.54) is 0 Å². The maximum absolute atomic E-state index is 13.3. The second-order valence-corrected chi connectivity index (χ2v) is 8.01. The van der Waals surface area contributed by atoms with Crippen molar-refractivity contribution >= 4 is 39.9 Å². The van der Waals surface area contributed by atoms with Gasteiger partial charge in [0, 0.05) is 33.9 Å². The number of ketones is 1. The predicted octanol–water partition coefficient (Wildman–Crippen LogP) is 5.49. The van der Waals surface area contributed by atoms with Crippen LogP contribution < -0.4 is 14.8 Å². The highest BCUT2D eigenvalue weighted by molar-refractivity contribution is 6.48. The molecule has 6 nitrogen and oxygen atoms in total. The van der Waals surface area contributed by atoms with Crippen LogP contribution in [0.1, 0.15) is 21.6 Å². The monoisotopic (exact) mass is 462 g/mol. The normalized spacial score (nSPS) is 10.8. The molecule has 33 heavy (non-hydrogen) atoms. The first kappa shape index (κ1) is 22.4. The van der Waals surface area contributed by atoms with E-state index in [0.29, 0.717) is 39.6 Å². The molecular formula is C26H23ClN2O4. The lowest BCUT2D eigenvalue weighted by Crippen LogP contribution is -2.23. The molecule has 0 aliphatic heterocycles. The van der Waals surface area contributed by atoms with Crippen molar-refractivity contribution in [1.29, 1.82) is 0 Å². The summed E-state index contributed by atoms with van der Waals surface area (Å²) < 4.78 is 12.6. The standard InChI is InChI=1S/C26H23ClN2O4/c1-16-24(25(30)26(31)28-19-6-4-5-18(27)13-19)22-14-21(33-3)11-12-23(22)29(16)15-17-7-9-20(32-2)10-8-17/h4-14H,15H2,1-3H3,(H,28,31). The molecule has 0 bridgehead atoms. The molecule has 0 aliphatic carbocycles. The van der Waals surface area contributed by atoms with E-state index in [4.69, 9.17) is 21.1 Å². The number of amides is 1. The Morgan fingerprint density at radius 3 is 2.30 bits per heavy atom. The van der Waals surface area contributed by atoms with Crippen LogP contribution in [-0.2, 0) is 11.3 Å². The smallest absolute Gasteiger partial charge is 0.296 e. The molecule has 7 heteroatoms. The number of rotatable bonds is 7. The predicted molar refractivity (Wildman–Crippen MR) is 130 cm³/mol. The van der Waals surface area contributed by atoms with Crippen LogP contribution in [0.5, 0.6) is 11.5 Å². The van der Waals surface area contributed by atoms with Crippen molar-refractivity contribution in [3.63, 3.8) is 0 Å². The molecule has 1 N–H and O–H groups in total. The van der Waals surface area contributed by atoms with Gasteiger partial charge in [0.25, 0.3) is 11.7 Å². The number of hydrogen-bond donors (Lipinski definition) is 1. The topological polar surface area (TPSA) is 69.6 Å². The minimum Gasteiger partial charge on any atom is -0.497 e. The maximum atomic E-state index is 13.3. The number of fused-ring (bicyclic) bond motifs is 1. The summed E-state index contributed by atoms with van der Waals surface area (Å²) in [7, 11) is 3.19. The average Bonchev–Trinajstić information content (AvgIpc) is 3.09. The minimum absolute atomic E-state index is 0.344. The van der Waals surface area contributed by atoms with E-state index in [0.717, 1.165) is 16.8 Å². The molecule has 0 radical (unpaired) electrons. The molecule has 3 aromatic carbocycles. The summed E-state index contributed by atoms with van der Waals surface area (Å²) in [6, 6.07) is 19.9. The van der Waals surface area contributed by atoms with Crippen LogP contribution in [0, 0.1) is 6.92 Å². The zero-order valence-corrected chi connectivity index (χ0v) is 19.3. The van der Waals surface area contributed by atoms with Gasteiger partial charge in [-0.05, 0) is 61.0 Å². The fourth-order valence-electron chi connectivity index (χ4n) is 3.86. The van der Waals surface area contributed by atoms with Crippen LogP contribution in [0.2, 0.25) is 5.02 Å². The Bertz CT molecular complexity index is 1340. The third-order valence-corrected chi connectivity index (χ3v) is 5.78. The van der Waals surface area contributed by atoms with Gasteiger partial charge < -0.3 is 19.4 Å². The lowest BCUT2D eigenvalue weighted by atomic mass is 10.1. The first-order chi connectivity index (χ1) is 15.9. The Kier molecular flexibility index (Phi) is 6.38. The molecule has 4 aromatic rings. The van der Waals surface area contributed by atoms with Gasteiger partial charge in [-0.15, -0.1) is 0 Å². The van der Waals surface area contributed by atoms with E-state index in [2.05, 4.69) is 5.32 Å². The number of Topliss-reactive ketones (excluding diaryl/α,β-unsaturated/α-hetero) is 1. The fraction of sp³-hybridized carbons (Fsp3) is 0.154.